The number of carbonyl (C=O) groups excluding carboxylic acids is 3. The Hall–Kier alpha value is -3.67. The van der Waals surface area contributed by atoms with Gasteiger partial charge in [0, 0.05) is 19.3 Å². The lowest BCUT2D eigenvalue weighted by Crippen LogP contribution is -2.30. The molecule has 0 saturated carbocycles. The number of esters is 3. The molecule has 0 saturated heterocycles. The Morgan fingerprint density at radius 2 is 0.476 bits per heavy atom. The van der Waals surface area contributed by atoms with Crippen molar-refractivity contribution in [2.45, 2.75) is 354 Å². The third kappa shape index (κ3) is 67.1. The van der Waals surface area contributed by atoms with E-state index < -0.39 is 6.10 Å². The van der Waals surface area contributed by atoms with Crippen LogP contribution < -0.4 is 0 Å². The van der Waals surface area contributed by atoms with E-state index in [0.29, 0.717) is 19.3 Å². The van der Waals surface area contributed by atoms with Gasteiger partial charge in [-0.3, -0.25) is 14.4 Å². The fourth-order valence-electron chi connectivity index (χ4n) is 10.1. The number of allylic oxidation sites excluding steroid dienone is 16. The van der Waals surface area contributed by atoms with Gasteiger partial charge in [-0.2, -0.15) is 0 Å². The monoisotopic (exact) mass is 1140 g/mol. The average molecular weight is 1140 g/mol. The molecule has 0 aliphatic heterocycles. The number of rotatable bonds is 64. The second-order valence-electron chi connectivity index (χ2n) is 23.4. The second kappa shape index (κ2) is 69.8. The van der Waals surface area contributed by atoms with Crippen molar-refractivity contribution in [3.63, 3.8) is 0 Å². The van der Waals surface area contributed by atoms with Crippen LogP contribution in [0, 0.1) is 0 Å². The van der Waals surface area contributed by atoms with Crippen molar-refractivity contribution in [3.05, 3.63) is 97.2 Å². The molecule has 6 nitrogen and oxygen atoms in total. The molecule has 0 fully saturated rings. The Labute approximate surface area is 508 Å². The van der Waals surface area contributed by atoms with Crippen molar-refractivity contribution >= 4 is 17.9 Å². The molecule has 0 N–H and O–H groups in total. The normalized spacial score (nSPS) is 12.7. The maximum absolute atomic E-state index is 12.9. The van der Waals surface area contributed by atoms with E-state index in [4.69, 9.17) is 14.2 Å². The number of hydrogen-bond acceptors (Lipinski definition) is 6. The van der Waals surface area contributed by atoms with Crippen LogP contribution in [0.3, 0.4) is 0 Å². The molecule has 0 amide bonds. The van der Waals surface area contributed by atoms with Crippen molar-refractivity contribution in [3.8, 4) is 0 Å². The van der Waals surface area contributed by atoms with Gasteiger partial charge in [-0.1, -0.05) is 323 Å². The van der Waals surface area contributed by atoms with E-state index in [-0.39, 0.29) is 31.1 Å². The minimum atomic E-state index is -0.799. The summed E-state index contributed by atoms with van der Waals surface area (Å²) in [5.41, 5.74) is 0. The first kappa shape index (κ1) is 78.3. The standard InChI is InChI=1S/C76H132O6/c1-4-7-10-13-16-19-22-25-28-30-32-34-36-37-38-40-41-43-45-48-51-54-57-60-63-66-69-75(78)81-72-73(71-80-74(77)68-65-62-59-56-53-50-47-27-24-21-18-15-12-9-6-3)82-76(79)70-67-64-61-58-55-52-49-46-44-42-39-35-33-31-29-26-23-20-17-14-11-8-5-2/h8,11,17-18,20-21,26-27,29,33,35,42,44,47,49,52,73H,4-7,9-10,12-16,19,22-25,28,30-32,34,36-41,43,45-46,48,50-51,53-72H2,1-3H3/b11-8-,20-17-,21-18-,29-26-,35-33-,44-42-,47-27-,52-49-. The Morgan fingerprint density at radius 3 is 0.768 bits per heavy atom. The van der Waals surface area contributed by atoms with Gasteiger partial charge in [0.2, 0.25) is 0 Å². The van der Waals surface area contributed by atoms with Gasteiger partial charge in [0.05, 0.1) is 0 Å². The molecule has 0 heterocycles. The number of carbonyl (C=O) groups is 3. The highest BCUT2D eigenvalue weighted by atomic mass is 16.6. The molecular formula is C76H132O6. The third-order valence-corrected chi connectivity index (χ3v) is 15.3. The highest BCUT2D eigenvalue weighted by Crippen LogP contribution is 2.18. The molecule has 472 valence electrons. The highest BCUT2D eigenvalue weighted by Gasteiger charge is 2.19. The highest BCUT2D eigenvalue weighted by molar-refractivity contribution is 5.71. The van der Waals surface area contributed by atoms with Gasteiger partial charge in [0.25, 0.3) is 0 Å². The van der Waals surface area contributed by atoms with Crippen LogP contribution in [0.1, 0.15) is 348 Å². The van der Waals surface area contributed by atoms with Crippen LogP contribution in [0.4, 0.5) is 0 Å². The van der Waals surface area contributed by atoms with Gasteiger partial charge < -0.3 is 14.2 Å². The van der Waals surface area contributed by atoms with Crippen molar-refractivity contribution in [1.29, 1.82) is 0 Å². The molecule has 0 radical (unpaired) electrons. The van der Waals surface area contributed by atoms with E-state index in [0.717, 1.165) is 135 Å². The van der Waals surface area contributed by atoms with Crippen LogP contribution in [-0.2, 0) is 28.6 Å². The van der Waals surface area contributed by atoms with Gasteiger partial charge in [0.1, 0.15) is 13.2 Å². The van der Waals surface area contributed by atoms with Crippen LogP contribution in [0.25, 0.3) is 0 Å². The van der Waals surface area contributed by atoms with Crippen LogP contribution in [0.2, 0.25) is 0 Å². The number of hydrogen-bond donors (Lipinski definition) is 0. The minimum absolute atomic E-state index is 0.0903. The van der Waals surface area contributed by atoms with Gasteiger partial charge in [0.15, 0.2) is 6.10 Å². The topological polar surface area (TPSA) is 78.9 Å². The summed E-state index contributed by atoms with van der Waals surface area (Å²) in [6.07, 6.45) is 94.3. The summed E-state index contributed by atoms with van der Waals surface area (Å²) < 4.78 is 17.0. The molecule has 0 aliphatic carbocycles. The van der Waals surface area contributed by atoms with E-state index in [1.54, 1.807) is 0 Å². The molecule has 0 spiro atoms. The number of ether oxygens (including phenoxy) is 3. The molecular weight excluding hydrogens is 1010 g/mol. The molecule has 0 aromatic rings. The lowest BCUT2D eigenvalue weighted by molar-refractivity contribution is -0.167. The zero-order valence-corrected chi connectivity index (χ0v) is 54.2. The van der Waals surface area contributed by atoms with Gasteiger partial charge in [-0.25, -0.2) is 0 Å². The molecule has 0 aliphatic rings. The molecule has 1 atom stereocenters. The Balaban J connectivity index is 4.36. The zero-order chi connectivity index (χ0) is 59.2. The van der Waals surface area contributed by atoms with Crippen molar-refractivity contribution in [2.75, 3.05) is 13.2 Å². The van der Waals surface area contributed by atoms with E-state index in [2.05, 4.69) is 118 Å². The summed E-state index contributed by atoms with van der Waals surface area (Å²) in [5.74, 6) is -0.914. The molecule has 0 rings (SSSR count). The first-order valence-electron chi connectivity index (χ1n) is 35.2. The summed E-state index contributed by atoms with van der Waals surface area (Å²) in [5, 5.41) is 0. The molecule has 1 unspecified atom stereocenters. The largest absolute Gasteiger partial charge is 0.462 e. The SMILES string of the molecule is CC/C=C\C/C=C\C/C=C\C/C=C\C/C=C\C/C=C\CCCCCCC(=O)OC(COC(=O)CCCCCCC/C=C\C/C=C\CCCCC)COC(=O)CCCCCCCCCCCCCCCCCCCCCCCCCCCC. The van der Waals surface area contributed by atoms with Crippen LogP contribution in [-0.4, -0.2) is 37.2 Å². The van der Waals surface area contributed by atoms with E-state index >= 15 is 0 Å². The summed E-state index contributed by atoms with van der Waals surface area (Å²) >= 11 is 0. The summed E-state index contributed by atoms with van der Waals surface area (Å²) in [4.78, 5) is 38.4. The Morgan fingerprint density at radius 1 is 0.256 bits per heavy atom. The summed E-state index contributed by atoms with van der Waals surface area (Å²) in [6, 6.07) is 0. The van der Waals surface area contributed by atoms with Gasteiger partial charge >= 0.3 is 17.9 Å². The molecule has 6 heteroatoms. The predicted octanol–water partition coefficient (Wildman–Crippen LogP) is 24.4. The molecule has 0 bridgehead atoms. The fourth-order valence-corrected chi connectivity index (χ4v) is 10.1. The maximum atomic E-state index is 12.9. The van der Waals surface area contributed by atoms with Crippen LogP contribution >= 0.6 is 0 Å². The average Bonchev–Trinajstić information content (AvgIpc) is 3.47. The van der Waals surface area contributed by atoms with Crippen molar-refractivity contribution < 1.29 is 28.6 Å². The second-order valence-corrected chi connectivity index (χ2v) is 23.4. The maximum Gasteiger partial charge on any atom is 0.306 e. The van der Waals surface area contributed by atoms with Crippen molar-refractivity contribution in [2.24, 2.45) is 0 Å². The Bertz CT molecular complexity index is 1590. The lowest BCUT2D eigenvalue weighted by atomic mass is 10.0. The molecule has 0 aromatic heterocycles. The summed E-state index contributed by atoms with van der Waals surface area (Å²) in [6.45, 7) is 6.51. The smallest absolute Gasteiger partial charge is 0.306 e. The van der Waals surface area contributed by atoms with Gasteiger partial charge in [-0.05, 0) is 103 Å². The lowest BCUT2D eigenvalue weighted by Gasteiger charge is -2.18. The number of unbranched alkanes of at least 4 members (excludes halogenated alkanes) is 37. The zero-order valence-electron chi connectivity index (χ0n) is 54.2. The Kier molecular flexibility index (Phi) is 66.7. The first-order valence-corrected chi connectivity index (χ1v) is 35.2. The van der Waals surface area contributed by atoms with Gasteiger partial charge in [-0.15, -0.1) is 0 Å². The predicted molar refractivity (Wildman–Crippen MR) is 357 cm³/mol. The quantitative estimate of drug-likeness (QED) is 0.0261. The third-order valence-electron chi connectivity index (χ3n) is 15.3. The summed E-state index contributed by atoms with van der Waals surface area (Å²) in [7, 11) is 0. The van der Waals surface area contributed by atoms with Crippen LogP contribution in [0.5, 0.6) is 0 Å². The fraction of sp³-hybridized carbons (Fsp3) is 0.750. The van der Waals surface area contributed by atoms with Crippen molar-refractivity contribution in [1.82, 2.24) is 0 Å². The molecule has 0 aromatic carbocycles. The van der Waals surface area contributed by atoms with E-state index in [1.807, 2.05) is 0 Å². The minimum Gasteiger partial charge on any atom is -0.462 e. The van der Waals surface area contributed by atoms with E-state index in [1.165, 1.54) is 173 Å². The first-order chi connectivity index (χ1) is 40.5. The van der Waals surface area contributed by atoms with Crippen LogP contribution in [0.15, 0.2) is 97.2 Å². The molecule has 82 heavy (non-hydrogen) atoms. The van der Waals surface area contributed by atoms with E-state index in [9.17, 15) is 14.4 Å².